The maximum Gasteiger partial charge on any atom is 0.459 e. The largest absolute Gasteiger partial charge is 0.468 e. The number of azide groups is 1. The van der Waals surface area contributed by atoms with Crippen LogP contribution in [0.2, 0.25) is 0 Å². The number of hydrogen-bond acceptors (Lipinski definition) is 11. The van der Waals surface area contributed by atoms with E-state index in [4.69, 9.17) is 19.3 Å². The SMILES string of the molecule is COC(=O)C(C)NP(=O)(OC[C@H]1O[C@@H](n2cc(C)c(=O)[nH]c2=O)C[C@@H]1N=[N+]=[N-])Oc1ccc([N+](=O)[O-])cc1. The number of rotatable bonds is 11. The zero-order valence-electron chi connectivity index (χ0n) is 20.4. The lowest BCUT2D eigenvalue weighted by Gasteiger charge is -2.24. The Morgan fingerprint density at radius 3 is 2.71 bits per heavy atom. The van der Waals surface area contributed by atoms with E-state index in [1.54, 1.807) is 0 Å². The molecule has 1 saturated heterocycles. The fraction of sp³-hybridized carbons (Fsp3) is 0.450. The summed E-state index contributed by atoms with van der Waals surface area (Å²) in [5.74, 6) is -0.853. The van der Waals surface area contributed by atoms with Crippen molar-refractivity contribution in [2.75, 3.05) is 13.7 Å². The Morgan fingerprint density at radius 2 is 2.11 bits per heavy atom. The molecule has 2 N–H and O–H groups in total. The summed E-state index contributed by atoms with van der Waals surface area (Å²) in [6, 6.07) is 2.60. The number of nitro benzene ring substituents is 1. The first-order valence-electron chi connectivity index (χ1n) is 11.0. The van der Waals surface area contributed by atoms with E-state index in [9.17, 15) is 29.1 Å². The molecule has 0 spiro atoms. The van der Waals surface area contributed by atoms with Crippen LogP contribution in [0.1, 0.15) is 25.1 Å². The Morgan fingerprint density at radius 1 is 1.42 bits per heavy atom. The molecule has 0 amide bonds. The molecule has 1 aromatic carbocycles. The van der Waals surface area contributed by atoms with Crippen LogP contribution in [0.5, 0.6) is 5.75 Å². The van der Waals surface area contributed by atoms with E-state index in [1.165, 1.54) is 32.2 Å². The number of aromatic nitrogens is 2. The van der Waals surface area contributed by atoms with Crippen molar-refractivity contribution >= 4 is 19.4 Å². The molecule has 0 bridgehead atoms. The molecule has 1 fully saturated rings. The number of non-ortho nitro benzene ring substituents is 1. The second-order valence-electron chi connectivity index (χ2n) is 8.13. The molecule has 2 aromatic rings. The average molecular weight is 553 g/mol. The van der Waals surface area contributed by atoms with Crippen molar-refractivity contribution in [3.63, 3.8) is 0 Å². The number of nitrogens with zero attached hydrogens (tertiary/aromatic N) is 5. The van der Waals surface area contributed by atoms with Gasteiger partial charge in [0.15, 0.2) is 0 Å². The van der Waals surface area contributed by atoms with Crippen molar-refractivity contribution < 1.29 is 32.8 Å². The lowest BCUT2D eigenvalue weighted by molar-refractivity contribution is -0.384. The highest BCUT2D eigenvalue weighted by Gasteiger charge is 2.40. The van der Waals surface area contributed by atoms with Crippen LogP contribution in [0.4, 0.5) is 5.69 Å². The third-order valence-corrected chi connectivity index (χ3v) is 7.09. The number of carbonyl (C=O) groups excluding carboxylic acids is 1. The normalized spacial score (nSPS) is 21.1. The molecule has 204 valence electrons. The Labute approximate surface area is 214 Å². The molecule has 0 radical (unpaired) electrons. The van der Waals surface area contributed by atoms with Crippen molar-refractivity contribution in [1.82, 2.24) is 14.6 Å². The number of aromatic amines is 1. The molecule has 0 saturated carbocycles. The number of methoxy groups -OCH3 is 1. The highest BCUT2D eigenvalue weighted by molar-refractivity contribution is 7.52. The Balaban J connectivity index is 1.83. The number of H-pyrrole nitrogens is 1. The highest BCUT2D eigenvalue weighted by Crippen LogP contribution is 2.46. The predicted octanol–water partition coefficient (Wildman–Crippen LogP) is 2.07. The summed E-state index contributed by atoms with van der Waals surface area (Å²) in [5.41, 5.74) is 7.68. The summed E-state index contributed by atoms with van der Waals surface area (Å²) in [6.45, 7) is 2.36. The van der Waals surface area contributed by atoms with Gasteiger partial charge in [0.05, 0.1) is 30.8 Å². The number of hydrogen-bond donors (Lipinski definition) is 2. The second kappa shape index (κ2) is 12.0. The minimum Gasteiger partial charge on any atom is -0.468 e. The fourth-order valence-corrected chi connectivity index (χ4v) is 5.02. The van der Waals surface area contributed by atoms with Gasteiger partial charge in [-0.05, 0) is 31.5 Å². The fourth-order valence-electron chi connectivity index (χ4n) is 3.52. The van der Waals surface area contributed by atoms with Crippen LogP contribution in [0.3, 0.4) is 0 Å². The molecule has 1 aromatic heterocycles. The summed E-state index contributed by atoms with van der Waals surface area (Å²) in [4.78, 5) is 51.1. The first-order chi connectivity index (χ1) is 18.0. The van der Waals surface area contributed by atoms with E-state index in [-0.39, 0.29) is 23.4 Å². The summed E-state index contributed by atoms with van der Waals surface area (Å²) < 4.78 is 36.1. The van der Waals surface area contributed by atoms with E-state index >= 15 is 0 Å². The molecule has 17 nitrogen and oxygen atoms in total. The van der Waals surface area contributed by atoms with Gasteiger partial charge in [-0.1, -0.05) is 5.11 Å². The van der Waals surface area contributed by atoms with Crippen LogP contribution in [0.15, 0.2) is 45.2 Å². The monoisotopic (exact) mass is 553 g/mol. The molecule has 2 unspecified atom stereocenters. The smallest absolute Gasteiger partial charge is 0.459 e. The van der Waals surface area contributed by atoms with Crippen LogP contribution >= 0.6 is 7.75 Å². The standard InChI is InChI=1S/C20H24N7O10P/c1-11-9-26(20(30)22-18(11)28)17-8-15(23-25-21)16(36-17)10-35-38(33,24-12(2)19(29)34-3)37-14-6-4-13(5-7-14)27(31)32/h4-7,9,12,15-17H,8,10H2,1-3H3,(H,24,33)(H,22,28,30)/t12?,15-,16+,17+,38?/m0/s1. The maximum atomic E-state index is 13.6. The Kier molecular flexibility index (Phi) is 9.04. The molecule has 38 heavy (non-hydrogen) atoms. The van der Waals surface area contributed by atoms with Gasteiger partial charge in [0.2, 0.25) is 0 Å². The second-order valence-corrected chi connectivity index (χ2v) is 9.82. The number of benzene rings is 1. The first-order valence-corrected chi connectivity index (χ1v) is 12.6. The van der Waals surface area contributed by atoms with Crippen molar-refractivity contribution in [3.05, 3.63) is 77.4 Å². The number of carbonyl (C=O) groups is 1. The zero-order valence-corrected chi connectivity index (χ0v) is 21.3. The van der Waals surface area contributed by atoms with Gasteiger partial charge in [-0.15, -0.1) is 0 Å². The van der Waals surface area contributed by atoms with Crippen LogP contribution in [-0.4, -0.2) is 52.3 Å². The lowest BCUT2D eigenvalue weighted by Crippen LogP contribution is -2.36. The zero-order chi connectivity index (χ0) is 28.0. The minimum absolute atomic E-state index is 0.0307. The van der Waals surface area contributed by atoms with Crippen LogP contribution in [-0.2, 0) is 23.4 Å². The van der Waals surface area contributed by atoms with Crippen LogP contribution < -0.4 is 20.9 Å². The first kappa shape index (κ1) is 28.6. The highest BCUT2D eigenvalue weighted by atomic mass is 31.2. The summed E-state index contributed by atoms with van der Waals surface area (Å²) in [6.07, 6.45) is -0.633. The van der Waals surface area contributed by atoms with Gasteiger partial charge in [0, 0.05) is 35.2 Å². The van der Waals surface area contributed by atoms with Gasteiger partial charge >= 0.3 is 19.4 Å². The van der Waals surface area contributed by atoms with E-state index < -0.39 is 60.9 Å². The van der Waals surface area contributed by atoms with Gasteiger partial charge < -0.3 is 14.0 Å². The summed E-state index contributed by atoms with van der Waals surface area (Å²) in [5, 5.41) is 17.0. The minimum atomic E-state index is -4.37. The maximum absolute atomic E-state index is 13.6. The molecule has 0 aliphatic carbocycles. The third-order valence-electron chi connectivity index (χ3n) is 5.45. The van der Waals surface area contributed by atoms with Crippen molar-refractivity contribution in [3.8, 4) is 5.75 Å². The molecular weight excluding hydrogens is 529 g/mol. The number of nitro groups is 1. The molecule has 5 atom stereocenters. The summed E-state index contributed by atoms with van der Waals surface area (Å²) in [7, 11) is -3.24. The van der Waals surface area contributed by atoms with Gasteiger partial charge in [0.25, 0.3) is 11.2 Å². The predicted molar refractivity (Wildman–Crippen MR) is 129 cm³/mol. The van der Waals surface area contributed by atoms with Crippen LogP contribution in [0, 0.1) is 17.0 Å². The molecule has 2 heterocycles. The van der Waals surface area contributed by atoms with Crippen LogP contribution in [0.25, 0.3) is 10.4 Å². The molecule has 18 heteroatoms. The number of esters is 1. The quantitative estimate of drug-likeness (QED) is 0.0778. The van der Waals surface area contributed by atoms with E-state index in [1.807, 2.05) is 0 Å². The Hall–Kier alpha value is -4.01. The van der Waals surface area contributed by atoms with Crippen molar-refractivity contribution in [2.45, 2.75) is 44.7 Å². The molecule has 3 rings (SSSR count). The van der Waals surface area contributed by atoms with E-state index in [2.05, 4.69) is 24.8 Å². The van der Waals surface area contributed by atoms with Crippen molar-refractivity contribution in [2.24, 2.45) is 5.11 Å². The van der Waals surface area contributed by atoms with Gasteiger partial charge in [-0.3, -0.25) is 33.8 Å². The summed E-state index contributed by atoms with van der Waals surface area (Å²) >= 11 is 0. The number of ether oxygens (including phenoxy) is 2. The number of nitrogens with one attached hydrogen (secondary N) is 2. The van der Waals surface area contributed by atoms with Gasteiger partial charge in [-0.2, -0.15) is 5.09 Å². The van der Waals surface area contributed by atoms with E-state index in [0.717, 1.165) is 23.8 Å². The van der Waals surface area contributed by atoms with Gasteiger partial charge in [-0.25, -0.2) is 9.36 Å². The topological polar surface area (TPSA) is 230 Å². The van der Waals surface area contributed by atoms with Gasteiger partial charge in [0.1, 0.15) is 18.0 Å². The Bertz CT molecular complexity index is 1400. The molecule has 1 aliphatic rings. The molecular formula is C20H24N7O10P. The average Bonchev–Trinajstić information content (AvgIpc) is 3.27. The molecule has 1 aliphatic heterocycles. The number of aryl methyl sites for hydroxylation is 1. The van der Waals surface area contributed by atoms with Crippen molar-refractivity contribution in [1.29, 1.82) is 0 Å². The van der Waals surface area contributed by atoms with E-state index in [0.29, 0.717) is 0 Å². The lowest BCUT2D eigenvalue weighted by atomic mass is 10.1. The third kappa shape index (κ3) is 6.85.